The first kappa shape index (κ1) is 42.1. The van der Waals surface area contributed by atoms with E-state index in [4.69, 9.17) is 13.8 Å². The van der Waals surface area contributed by atoms with Gasteiger partial charge in [0.15, 0.2) is 0 Å². The van der Waals surface area contributed by atoms with Gasteiger partial charge < -0.3 is 14.6 Å². The first-order chi connectivity index (χ1) is 27.8. The molecule has 302 valence electrons. The molecule has 0 spiro atoms. The summed E-state index contributed by atoms with van der Waals surface area (Å²) in [5.74, 6) is 0.114. The molecule has 0 saturated heterocycles. The highest BCUT2D eigenvalue weighted by atomic mass is 31.2. The number of amides is 1. The molecule has 1 N–H and O–H groups in total. The molecule has 6 aromatic rings. The Kier molecular flexibility index (Phi) is 15.3. The number of unbranched alkanes of at least 4 members (excludes halogenated alkanes) is 8. The molecule has 0 aliphatic rings. The van der Waals surface area contributed by atoms with E-state index < -0.39 is 18.6 Å². The van der Waals surface area contributed by atoms with Crippen LogP contribution in [0, 0.1) is 10.1 Å². The van der Waals surface area contributed by atoms with Crippen LogP contribution in [0.1, 0.15) is 96.5 Å². The number of aryl methyl sites for hydroxylation is 1. The fourth-order valence-electron chi connectivity index (χ4n) is 7.87. The lowest BCUT2D eigenvalue weighted by atomic mass is 9.87. The number of benzene rings is 6. The second-order valence-electron chi connectivity index (χ2n) is 15.2. The van der Waals surface area contributed by atoms with E-state index in [1.54, 1.807) is 0 Å². The first-order valence-corrected chi connectivity index (χ1v) is 22.6. The molecule has 0 saturated carbocycles. The van der Waals surface area contributed by atoms with Gasteiger partial charge in [0.2, 0.25) is 5.91 Å². The van der Waals surface area contributed by atoms with Crippen LogP contribution in [0.25, 0.3) is 43.1 Å². The molecular formula is C47H57N2O7P. The van der Waals surface area contributed by atoms with Gasteiger partial charge >= 0.3 is 7.60 Å². The fourth-order valence-corrected chi connectivity index (χ4v) is 9.60. The maximum absolute atomic E-state index is 14.2. The van der Waals surface area contributed by atoms with Crippen molar-refractivity contribution in [3.63, 3.8) is 0 Å². The third-order valence-corrected chi connectivity index (χ3v) is 12.7. The van der Waals surface area contributed by atoms with E-state index in [0.717, 1.165) is 38.5 Å². The second-order valence-corrected chi connectivity index (χ2v) is 17.3. The average Bonchev–Trinajstić information content (AvgIpc) is 3.22. The van der Waals surface area contributed by atoms with Gasteiger partial charge in [-0.2, -0.15) is 0 Å². The number of carbonyl (C=O) groups excluding carboxylic acids is 1. The standard InChI is InChI=1S/C47H57N2O7P/c1-3-5-7-9-10-11-31-54-33-37(34-55-57(53,32-12-8-6-4-2)56-39-28-26-38(27-29-39)49(51)52)48-45(50)24-15-17-35-25-30-44-42-22-14-19-36-18-13-21-41(46(36)42)43-23-16-20-40(35)47(43)44/h13-14,16,18-23,25-30,37H,3-12,15,17,24,31-34H2,1-2H3,(H,48,50). The average molecular weight is 793 g/mol. The van der Waals surface area contributed by atoms with Crippen molar-refractivity contribution in [2.45, 2.75) is 103 Å². The zero-order valence-corrected chi connectivity index (χ0v) is 34.4. The van der Waals surface area contributed by atoms with Crippen LogP contribution in [0.15, 0.2) is 91.0 Å². The van der Waals surface area contributed by atoms with Crippen LogP contribution in [-0.4, -0.2) is 42.9 Å². The van der Waals surface area contributed by atoms with Gasteiger partial charge in [0.1, 0.15) is 5.75 Å². The number of carbonyl (C=O) groups is 1. The molecule has 1 amide bonds. The van der Waals surface area contributed by atoms with Gasteiger partial charge in [0.05, 0.1) is 30.3 Å². The molecule has 0 heterocycles. The molecule has 6 rings (SSSR count). The zero-order chi connectivity index (χ0) is 40.0. The minimum absolute atomic E-state index is 0.0522. The van der Waals surface area contributed by atoms with Crippen LogP contribution in [0.2, 0.25) is 0 Å². The lowest BCUT2D eigenvalue weighted by Crippen LogP contribution is -2.41. The monoisotopic (exact) mass is 792 g/mol. The molecule has 0 aliphatic carbocycles. The predicted molar refractivity (Wildman–Crippen MR) is 233 cm³/mol. The van der Waals surface area contributed by atoms with Crippen molar-refractivity contribution < 1.29 is 28.1 Å². The van der Waals surface area contributed by atoms with Crippen molar-refractivity contribution in [1.82, 2.24) is 5.32 Å². The molecule has 0 aromatic heterocycles. The minimum Gasteiger partial charge on any atom is -0.424 e. The van der Waals surface area contributed by atoms with E-state index >= 15 is 0 Å². The Hall–Kier alpha value is -4.56. The Morgan fingerprint density at radius 2 is 1.32 bits per heavy atom. The number of hydrogen-bond donors (Lipinski definition) is 1. The Bertz CT molecular complexity index is 2220. The molecule has 2 unspecified atom stereocenters. The summed E-state index contributed by atoms with van der Waals surface area (Å²) < 4.78 is 32.2. The van der Waals surface area contributed by atoms with Gasteiger partial charge in [-0.25, -0.2) is 4.57 Å². The topological polar surface area (TPSA) is 117 Å². The Balaban J connectivity index is 1.12. The number of nitro benzene ring substituents is 1. The Morgan fingerprint density at radius 1 is 0.702 bits per heavy atom. The summed E-state index contributed by atoms with van der Waals surface area (Å²) in [4.78, 5) is 24.2. The van der Waals surface area contributed by atoms with E-state index in [1.807, 2.05) is 0 Å². The summed E-state index contributed by atoms with van der Waals surface area (Å²) in [6, 6.07) is 29.0. The number of ether oxygens (including phenoxy) is 1. The van der Waals surface area contributed by atoms with Crippen molar-refractivity contribution >= 4 is 62.3 Å². The number of non-ortho nitro benzene ring substituents is 1. The van der Waals surface area contributed by atoms with E-state index in [9.17, 15) is 19.5 Å². The lowest BCUT2D eigenvalue weighted by molar-refractivity contribution is -0.384. The van der Waals surface area contributed by atoms with E-state index in [0.29, 0.717) is 25.9 Å². The van der Waals surface area contributed by atoms with Crippen molar-refractivity contribution in [3.8, 4) is 5.75 Å². The van der Waals surface area contributed by atoms with Gasteiger partial charge in [0.25, 0.3) is 5.69 Å². The molecular weight excluding hydrogens is 735 g/mol. The first-order valence-electron chi connectivity index (χ1n) is 20.9. The van der Waals surface area contributed by atoms with Crippen molar-refractivity contribution in [3.05, 3.63) is 107 Å². The van der Waals surface area contributed by atoms with Crippen LogP contribution in [0.4, 0.5) is 5.69 Å². The van der Waals surface area contributed by atoms with Gasteiger partial charge in [-0.3, -0.25) is 19.4 Å². The zero-order valence-electron chi connectivity index (χ0n) is 33.5. The number of fused-ring (bicyclic) bond motifs is 2. The summed E-state index contributed by atoms with van der Waals surface area (Å²) in [7, 11) is -3.68. The summed E-state index contributed by atoms with van der Waals surface area (Å²) in [6.45, 7) is 5.04. The van der Waals surface area contributed by atoms with Crippen molar-refractivity contribution in [2.75, 3.05) is 26.0 Å². The van der Waals surface area contributed by atoms with Crippen LogP contribution in [0.3, 0.4) is 0 Å². The number of rotatable bonds is 25. The molecule has 0 aliphatic heterocycles. The highest BCUT2D eigenvalue weighted by Crippen LogP contribution is 2.49. The van der Waals surface area contributed by atoms with Crippen molar-refractivity contribution in [1.29, 1.82) is 0 Å². The summed E-state index contributed by atoms with van der Waals surface area (Å²) in [5.41, 5.74) is 1.13. The second kappa shape index (κ2) is 20.7. The maximum atomic E-state index is 14.2. The van der Waals surface area contributed by atoms with Crippen LogP contribution in [0.5, 0.6) is 5.75 Å². The Morgan fingerprint density at radius 3 is 2.02 bits per heavy atom. The van der Waals surface area contributed by atoms with Crippen LogP contribution >= 0.6 is 7.60 Å². The van der Waals surface area contributed by atoms with Gasteiger partial charge in [-0.1, -0.05) is 132 Å². The van der Waals surface area contributed by atoms with Gasteiger partial charge in [-0.15, -0.1) is 0 Å². The third kappa shape index (κ3) is 11.1. The predicted octanol–water partition coefficient (Wildman–Crippen LogP) is 12.7. The molecule has 10 heteroatoms. The fraction of sp³-hybridized carbons (Fsp3) is 0.426. The number of nitrogens with zero attached hydrogens (tertiary/aromatic N) is 1. The highest BCUT2D eigenvalue weighted by molar-refractivity contribution is 7.54. The molecule has 0 radical (unpaired) electrons. The largest absolute Gasteiger partial charge is 0.424 e. The molecule has 0 fully saturated rings. The molecule has 6 aromatic carbocycles. The minimum atomic E-state index is -3.68. The lowest BCUT2D eigenvalue weighted by Gasteiger charge is -2.24. The SMILES string of the molecule is CCCCCCCCOCC(COP(=O)(CCCCCC)Oc1ccc([N+](=O)[O-])cc1)NC(=O)CCCc1ccc2c3cccc4cccc(c5cccc1c52)c43. The van der Waals surface area contributed by atoms with Gasteiger partial charge in [-0.05, 0) is 86.5 Å². The van der Waals surface area contributed by atoms with E-state index in [-0.39, 0.29) is 36.7 Å². The number of nitro groups is 1. The van der Waals surface area contributed by atoms with Gasteiger partial charge in [0, 0.05) is 25.2 Å². The molecule has 0 bridgehead atoms. The normalized spacial score (nSPS) is 13.4. The van der Waals surface area contributed by atoms with E-state index in [1.165, 1.54) is 98.6 Å². The van der Waals surface area contributed by atoms with Crippen LogP contribution in [-0.2, 0) is 25.0 Å². The van der Waals surface area contributed by atoms with E-state index in [2.05, 4.69) is 85.9 Å². The van der Waals surface area contributed by atoms with Crippen molar-refractivity contribution in [2.24, 2.45) is 0 Å². The molecule has 9 nitrogen and oxygen atoms in total. The quantitative estimate of drug-likeness (QED) is 0.0153. The molecule has 57 heavy (non-hydrogen) atoms. The summed E-state index contributed by atoms with van der Waals surface area (Å²) >= 11 is 0. The number of nitrogens with one attached hydrogen (secondary N) is 1. The van der Waals surface area contributed by atoms with Crippen LogP contribution < -0.4 is 9.84 Å². The Labute approximate surface area is 336 Å². The maximum Gasteiger partial charge on any atom is 0.379 e. The third-order valence-electron chi connectivity index (χ3n) is 10.8. The number of hydrogen-bond acceptors (Lipinski definition) is 7. The molecule has 2 atom stereocenters. The summed E-state index contributed by atoms with van der Waals surface area (Å²) in [5, 5.41) is 24.3. The smallest absolute Gasteiger partial charge is 0.379 e. The summed E-state index contributed by atoms with van der Waals surface area (Å²) in [6.07, 6.45) is 12.3. The highest BCUT2D eigenvalue weighted by Gasteiger charge is 2.28.